The molecular weight excluding hydrogens is 226 g/mol. The summed E-state index contributed by atoms with van der Waals surface area (Å²) in [6, 6.07) is 3.49. The fourth-order valence-corrected chi connectivity index (χ4v) is 3.16. The molecular formula is C11H9NO3S. The highest BCUT2D eigenvalue weighted by atomic mass is 32.1. The van der Waals surface area contributed by atoms with Crippen molar-refractivity contribution in [1.82, 2.24) is 4.98 Å². The molecule has 0 amide bonds. The first-order valence-electron chi connectivity index (χ1n) is 4.88. The number of aliphatic hydroxyl groups is 1. The maximum absolute atomic E-state index is 10.9. The number of carbonyl (C=O) groups is 1. The number of fused-ring (bicyclic) bond motifs is 3. The van der Waals surface area contributed by atoms with Crippen LogP contribution in [-0.2, 0) is 6.42 Å². The summed E-state index contributed by atoms with van der Waals surface area (Å²) < 4.78 is 0. The first kappa shape index (κ1) is 9.62. The van der Waals surface area contributed by atoms with Crippen molar-refractivity contribution in [3.8, 4) is 10.4 Å². The lowest BCUT2D eigenvalue weighted by molar-refractivity contribution is 0.0702. The minimum absolute atomic E-state index is 0.276. The lowest BCUT2D eigenvalue weighted by Crippen LogP contribution is -2.07. The summed E-state index contributed by atoms with van der Waals surface area (Å²) in [7, 11) is 0. The van der Waals surface area contributed by atoms with E-state index in [1.165, 1.54) is 11.3 Å². The molecule has 5 heteroatoms. The summed E-state index contributed by atoms with van der Waals surface area (Å²) in [6.45, 7) is 0. The van der Waals surface area contributed by atoms with E-state index in [1.807, 2.05) is 12.3 Å². The molecule has 0 aliphatic heterocycles. The third kappa shape index (κ3) is 1.22. The number of aliphatic hydroxyl groups excluding tert-OH is 1. The van der Waals surface area contributed by atoms with Gasteiger partial charge in [0.15, 0.2) is 0 Å². The Hall–Kier alpha value is -1.59. The molecule has 2 heterocycles. The number of carboxylic acid groups (broad SMARTS) is 1. The fraction of sp³-hybridized carbons (Fsp3) is 0.182. The van der Waals surface area contributed by atoms with E-state index in [1.54, 1.807) is 6.07 Å². The third-order valence-corrected chi connectivity index (χ3v) is 3.98. The molecule has 0 aromatic carbocycles. The molecule has 0 saturated heterocycles. The van der Waals surface area contributed by atoms with Crippen LogP contribution in [0, 0.1) is 0 Å². The molecule has 2 aromatic heterocycles. The molecule has 0 saturated carbocycles. The number of aromatic nitrogens is 1. The zero-order valence-electron chi connectivity index (χ0n) is 8.23. The van der Waals surface area contributed by atoms with Gasteiger partial charge in [-0.05, 0) is 12.1 Å². The van der Waals surface area contributed by atoms with Gasteiger partial charge < -0.3 is 15.2 Å². The molecule has 1 aliphatic rings. The van der Waals surface area contributed by atoms with E-state index < -0.39 is 12.1 Å². The summed E-state index contributed by atoms with van der Waals surface area (Å²) in [6.07, 6.45) is 1.73. The molecule has 0 spiro atoms. The molecule has 1 unspecified atom stereocenters. The van der Waals surface area contributed by atoms with Crippen molar-refractivity contribution in [3.63, 3.8) is 0 Å². The largest absolute Gasteiger partial charge is 0.477 e. The summed E-state index contributed by atoms with van der Waals surface area (Å²) in [5, 5.41) is 18.9. The lowest BCUT2D eigenvalue weighted by atomic mass is 9.94. The quantitative estimate of drug-likeness (QED) is 0.708. The van der Waals surface area contributed by atoms with E-state index in [0.717, 1.165) is 21.7 Å². The van der Waals surface area contributed by atoms with Gasteiger partial charge in [0.05, 0.1) is 6.10 Å². The van der Waals surface area contributed by atoms with Gasteiger partial charge in [-0.1, -0.05) is 0 Å². The lowest BCUT2D eigenvalue weighted by Gasteiger charge is -2.17. The first-order chi connectivity index (χ1) is 7.66. The number of H-pyrrole nitrogens is 1. The van der Waals surface area contributed by atoms with Gasteiger partial charge in [-0.25, -0.2) is 4.79 Å². The number of aromatic amines is 1. The summed E-state index contributed by atoms with van der Waals surface area (Å²) in [5.74, 6) is -0.941. The Morgan fingerprint density at radius 2 is 2.38 bits per heavy atom. The molecule has 0 bridgehead atoms. The predicted octanol–water partition coefficient (Wildman–Crippen LogP) is 2.03. The second kappa shape index (κ2) is 3.20. The Bertz CT molecular complexity index is 570. The molecule has 3 N–H and O–H groups in total. The smallest absolute Gasteiger partial charge is 0.345 e. The molecule has 16 heavy (non-hydrogen) atoms. The molecule has 0 fully saturated rings. The second-order valence-corrected chi connectivity index (χ2v) is 4.84. The number of rotatable bonds is 1. The van der Waals surface area contributed by atoms with E-state index in [-0.39, 0.29) is 4.88 Å². The van der Waals surface area contributed by atoms with Crippen molar-refractivity contribution < 1.29 is 15.0 Å². The molecule has 0 radical (unpaired) electrons. The Balaban J connectivity index is 2.23. The number of nitrogens with one attached hydrogen (secondary N) is 1. The summed E-state index contributed by atoms with van der Waals surface area (Å²) >= 11 is 1.21. The van der Waals surface area contributed by atoms with Crippen LogP contribution in [0.1, 0.15) is 27.0 Å². The minimum Gasteiger partial charge on any atom is -0.477 e. The SMILES string of the molecule is O=C(O)c1cc2c(s1)-c1cc[nH]c1CC2O. The van der Waals surface area contributed by atoms with Gasteiger partial charge >= 0.3 is 5.97 Å². The van der Waals surface area contributed by atoms with E-state index >= 15 is 0 Å². The molecule has 4 nitrogen and oxygen atoms in total. The highest BCUT2D eigenvalue weighted by Crippen LogP contribution is 2.43. The fourth-order valence-electron chi connectivity index (χ4n) is 2.06. The number of aromatic carboxylic acids is 1. The van der Waals surface area contributed by atoms with Crippen LogP contribution in [0.4, 0.5) is 0 Å². The highest BCUT2D eigenvalue weighted by Gasteiger charge is 2.27. The minimum atomic E-state index is -0.941. The average Bonchev–Trinajstić information content (AvgIpc) is 2.80. The summed E-state index contributed by atoms with van der Waals surface area (Å²) in [5.41, 5.74) is 2.71. The number of hydrogen-bond donors (Lipinski definition) is 3. The highest BCUT2D eigenvalue weighted by molar-refractivity contribution is 7.17. The number of thiophene rings is 1. The van der Waals surface area contributed by atoms with Gasteiger partial charge in [-0.2, -0.15) is 0 Å². The number of hydrogen-bond acceptors (Lipinski definition) is 3. The van der Waals surface area contributed by atoms with E-state index in [0.29, 0.717) is 6.42 Å². The molecule has 2 aromatic rings. The van der Waals surface area contributed by atoms with Crippen LogP contribution in [0.2, 0.25) is 0 Å². The van der Waals surface area contributed by atoms with E-state index in [9.17, 15) is 9.90 Å². The van der Waals surface area contributed by atoms with Gasteiger partial charge in [-0.15, -0.1) is 11.3 Å². The number of carboxylic acids is 1. The van der Waals surface area contributed by atoms with Crippen molar-refractivity contribution in [1.29, 1.82) is 0 Å². The van der Waals surface area contributed by atoms with Crippen molar-refractivity contribution in [2.45, 2.75) is 12.5 Å². The van der Waals surface area contributed by atoms with Gasteiger partial charge in [0.25, 0.3) is 0 Å². The molecule has 82 valence electrons. The second-order valence-electron chi connectivity index (χ2n) is 3.79. The Labute approximate surface area is 95.2 Å². The summed E-state index contributed by atoms with van der Waals surface area (Å²) in [4.78, 5) is 15.1. The van der Waals surface area contributed by atoms with Gasteiger partial charge in [0.2, 0.25) is 0 Å². The van der Waals surface area contributed by atoms with Crippen LogP contribution in [0.3, 0.4) is 0 Å². The van der Waals surface area contributed by atoms with Crippen molar-refractivity contribution in [2.75, 3.05) is 0 Å². The predicted molar refractivity (Wildman–Crippen MR) is 59.7 cm³/mol. The van der Waals surface area contributed by atoms with E-state index in [2.05, 4.69) is 4.98 Å². The Kier molecular flexibility index (Phi) is 1.92. The van der Waals surface area contributed by atoms with Crippen LogP contribution in [0.5, 0.6) is 0 Å². The standard InChI is InChI=1S/C11H9NO3S/c13-8-4-7-5(1-2-12-7)10-6(8)3-9(16-10)11(14)15/h1-3,8,12-13H,4H2,(H,14,15). The van der Waals surface area contributed by atoms with Gasteiger partial charge in [0, 0.05) is 34.3 Å². The molecule has 3 rings (SSSR count). The Morgan fingerprint density at radius 3 is 3.12 bits per heavy atom. The van der Waals surface area contributed by atoms with Crippen LogP contribution in [-0.4, -0.2) is 21.2 Å². The topological polar surface area (TPSA) is 73.3 Å². The van der Waals surface area contributed by atoms with Crippen molar-refractivity contribution >= 4 is 17.3 Å². The first-order valence-corrected chi connectivity index (χ1v) is 5.70. The Morgan fingerprint density at radius 1 is 1.56 bits per heavy atom. The normalized spacial score (nSPS) is 17.9. The maximum atomic E-state index is 10.9. The van der Waals surface area contributed by atoms with Gasteiger partial charge in [0.1, 0.15) is 4.88 Å². The van der Waals surface area contributed by atoms with Crippen LogP contribution < -0.4 is 0 Å². The van der Waals surface area contributed by atoms with Crippen LogP contribution in [0.25, 0.3) is 10.4 Å². The maximum Gasteiger partial charge on any atom is 0.345 e. The molecule has 1 atom stereocenters. The zero-order chi connectivity index (χ0) is 11.3. The third-order valence-electron chi connectivity index (χ3n) is 2.81. The van der Waals surface area contributed by atoms with Crippen molar-refractivity contribution in [2.24, 2.45) is 0 Å². The zero-order valence-corrected chi connectivity index (χ0v) is 9.04. The monoisotopic (exact) mass is 235 g/mol. The van der Waals surface area contributed by atoms with Crippen LogP contribution >= 0.6 is 11.3 Å². The average molecular weight is 235 g/mol. The van der Waals surface area contributed by atoms with Crippen LogP contribution in [0.15, 0.2) is 18.3 Å². The van der Waals surface area contributed by atoms with E-state index in [4.69, 9.17) is 5.11 Å². The van der Waals surface area contributed by atoms with Crippen molar-refractivity contribution in [3.05, 3.63) is 34.5 Å². The molecule has 1 aliphatic carbocycles. The van der Waals surface area contributed by atoms with Gasteiger partial charge in [-0.3, -0.25) is 0 Å².